The Kier molecular flexibility index (Phi) is 2.97. The minimum Gasteiger partial charge on any atom is -0.326 e. The van der Waals surface area contributed by atoms with Crippen molar-refractivity contribution in [1.29, 1.82) is 0 Å². The topological polar surface area (TPSA) is 44.7 Å². The third-order valence-corrected chi connectivity index (χ3v) is 3.88. The van der Waals surface area contributed by atoms with Crippen LogP contribution in [0.2, 0.25) is 5.02 Å². The van der Waals surface area contributed by atoms with E-state index in [1.165, 1.54) is 0 Å². The summed E-state index contributed by atoms with van der Waals surface area (Å²) in [7, 11) is 0. The van der Waals surface area contributed by atoms with Crippen LogP contribution in [0.3, 0.4) is 0 Å². The number of hydrogen-bond acceptors (Lipinski definition) is 3. The van der Waals surface area contributed by atoms with E-state index in [4.69, 9.17) is 11.6 Å². The van der Waals surface area contributed by atoms with E-state index in [1.807, 2.05) is 23.1 Å². The summed E-state index contributed by atoms with van der Waals surface area (Å²) in [5.74, 6) is 1.16. The van der Waals surface area contributed by atoms with Crippen molar-refractivity contribution in [3.05, 3.63) is 28.8 Å². The molecule has 1 N–H and O–H groups in total. The van der Waals surface area contributed by atoms with Crippen LogP contribution in [0.1, 0.15) is 25.8 Å². The van der Waals surface area contributed by atoms with Crippen LogP contribution in [0.15, 0.2) is 23.2 Å². The number of benzene rings is 1. The average Bonchev–Trinajstić information content (AvgIpc) is 2.63. The van der Waals surface area contributed by atoms with Gasteiger partial charge in [0.15, 0.2) is 0 Å². The summed E-state index contributed by atoms with van der Waals surface area (Å²) in [5.41, 5.74) is 1.85. The predicted molar refractivity (Wildman–Crippen MR) is 75.5 cm³/mol. The second-order valence-electron chi connectivity index (χ2n) is 5.44. The summed E-state index contributed by atoms with van der Waals surface area (Å²) < 4.78 is 0. The molecule has 0 aliphatic carbocycles. The largest absolute Gasteiger partial charge is 0.326 e. The summed E-state index contributed by atoms with van der Waals surface area (Å²) in [5, 5.41) is 3.58. The van der Waals surface area contributed by atoms with E-state index in [2.05, 4.69) is 24.2 Å². The van der Waals surface area contributed by atoms with Crippen molar-refractivity contribution >= 4 is 29.2 Å². The van der Waals surface area contributed by atoms with E-state index in [9.17, 15) is 4.79 Å². The molecule has 1 aromatic rings. The van der Waals surface area contributed by atoms with Gasteiger partial charge in [0.25, 0.3) is 0 Å². The van der Waals surface area contributed by atoms with Crippen molar-refractivity contribution in [2.45, 2.75) is 32.9 Å². The van der Waals surface area contributed by atoms with Crippen molar-refractivity contribution in [2.24, 2.45) is 10.9 Å². The molecule has 1 amide bonds. The van der Waals surface area contributed by atoms with Gasteiger partial charge < -0.3 is 4.90 Å². The lowest BCUT2D eigenvalue weighted by Crippen LogP contribution is -2.37. The number of halogens is 1. The van der Waals surface area contributed by atoms with Gasteiger partial charge in [-0.05, 0) is 24.5 Å². The molecule has 0 spiro atoms. The van der Waals surface area contributed by atoms with E-state index in [-0.39, 0.29) is 11.9 Å². The lowest BCUT2D eigenvalue weighted by atomic mass is 10.0. The van der Waals surface area contributed by atoms with Crippen molar-refractivity contribution in [1.82, 2.24) is 10.2 Å². The second-order valence-corrected chi connectivity index (χ2v) is 5.84. The van der Waals surface area contributed by atoms with Gasteiger partial charge in [-0.15, -0.1) is 0 Å². The van der Waals surface area contributed by atoms with Crippen LogP contribution in [0.25, 0.3) is 0 Å². The number of rotatable bonds is 2. The van der Waals surface area contributed by atoms with Crippen LogP contribution in [-0.2, 0) is 11.3 Å². The highest BCUT2D eigenvalue weighted by atomic mass is 35.5. The van der Waals surface area contributed by atoms with Gasteiger partial charge in [0.1, 0.15) is 6.04 Å². The first-order valence-electron chi connectivity index (χ1n) is 6.50. The Bertz CT molecular complexity index is 568. The normalized spacial score (nSPS) is 21.1. The first-order chi connectivity index (χ1) is 9.06. The molecule has 2 aliphatic rings. The van der Waals surface area contributed by atoms with Crippen molar-refractivity contribution in [3.63, 3.8) is 0 Å². The van der Waals surface area contributed by atoms with Crippen LogP contribution in [0, 0.1) is 5.92 Å². The summed E-state index contributed by atoms with van der Waals surface area (Å²) in [4.78, 5) is 18.6. The zero-order valence-corrected chi connectivity index (χ0v) is 11.7. The maximum absolute atomic E-state index is 12.0. The minimum atomic E-state index is -0.136. The predicted octanol–water partition coefficient (Wildman–Crippen LogP) is 2.69. The summed E-state index contributed by atoms with van der Waals surface area (Å²) in [6, 6.07) is 5.53. The van der Waals surface area contributed by atoms with E-state index in [1.54, 1.807) is 0 Å². The quantitative estimate of drug-likeness (QED) is 0.903. The van der Waals surface area contributed by atoms with Gasteiger partial charge in [-0.1, -0.05) is 31.5 Å². The number of nitrogens with zero attached hydrogens (tertiary/aromatic N) is 2. The molecule has 1 saturated heterocycles. The third kappa shape index (κ3) is 2.10. The van der Waals surface area contributed by atoms with Gasteiger partial charge in [0, 0.05) is 10.6 Å². The standard InChI is InChI=1S/C14H16ClN3O/c1-8(2)6-12-13(19)17-14-16-11-5-3-4-10(15)9(11)7-18(12)14/h3-5,8,12H,6-7H2,1-2H3,(H,16,17,19)/t12-/m1/s1. The van der Waals surface area contributed by atoms with Crippen molar-refractivity contribution in [3.8, 4) is 0 Å². The summed E-state index contributed by atoms with van der Waals surface area (Å²) in [6.45, 7) is 4.88. The van der Waals surface area contributed by atoms with E-state index >= 15 is 0 Å². The van der Waals surface area contributed by atoms with Gasteiger partial charge in [-0.3, -0.25) is 10.1 Å². The first kappa shape index (κ1) is 12.5. The molecular weight excluding hydrogens is 262 g/mol. The third-order valence-electron chi connectivity index (χ3n) is 3.53. The highest BCUT2D eigenvalue weighted by Gasteiger charge is 2.39. The Morgan fingerprint density at radius 3 is 3.05 bits per heavy atom. The Balaban J connectivity index is 1.97. The summed E-state index contributed by atoms with van der Waals surface area (Å²) >= 11 is 6.22. The molecule has 0 bridgehead atoms. The lowest BCUT2D eigenvalue weighted by molar-refractivity contribution is -0.121. The molecule has 1 fully saturated rings. The fraction of sp³-hybridized carbons (Fsp3) is 0.429. The van der Waals surface area contributed by atoms with Crippen LogP contribution in [0.5, 0.6) is 0 Å². The number of fused-ring (bicyclic) bond motifs is 2. The number of amides is 1. The second kappa shape index (κ2) is 4.53. The smallest absolute Gasteiger partial charge is 0.249 e. The average molecular weight is 278 g/mol. The molecule has 0 aromatic heterocycles. The fourth-order valence-corrected chi connectivity index (χ4v) is 2.83. The molecule has 3 rings (SSSR count). The number of hydrogen-bond donors (Lipinski definition) is 1. The van der Waals surface area contributed by atoms with E-state index in [0.29, 0.717) is 23.4 Å². The van der Waals surface area contributed by atoms with Gasteiger partial charge in [-0.2, -0.15) is 0 Å². The molecular formula is C14H16ClN3O. The monoisotopic (exact) mass is 277 g/mol. The number of guanidine groups is 1. The van der Waals surface area contributed by atoms with Gasteiger partial charge in [0.2, 0.25) is 11.9 Å². The Morgan fingerprint density at radius 2 is 2.32 bits per heavy atom. The highest BCUT2D eigenvalue weighted by molar-refractivity contribution is 6.31. The van der Waals surface area contributed by atoms with Crippen molar-refractivity contribution in [2.75, 3.05) is 0 Å². The van der Waals surface area contributed by atoms with Gasteiger partial charge in [0.05, 0.1) is 12.2 Å². The minimum absolute atomic E-state index is 0.0383. The number of nitrogens with one attached hydrogen (secondary N) is 1. The molecule has 1 aromatic carbocycles. The zero-order valence-electron chi connectivity index (χ0n) is 11.0. The van der Waals surface area contributed by atoms with Gasteiger partial charge >= 0.3 is 0 Å². The Morgan fingerprint density at radius 1 is 1.53 bits per heavy atom. The lowest BCUT2D eigenvalue weighted by Gasteiger charge is -2.29. The molecule has 0 unspecified atom stereocenters. The highest BCUT2D eigenvalue weighted by Crippen LogP contribution is 2.34. The molecule has 5 heteroatoms. The Labute approximate surface area is 117 Å². The number of carbonyl (C=O) groups is 1. The van der Waals surface area contributed by atoms with E-state index in [0.717, 1.165) is 17.7 Å². The van der Waals surface area contributed by atoms with Crippen LogP contribution >= 0.6 is 11.6 Å². The molecule has 0 saturated carbocycles. The molecule has 2 heterocycles. The number of aliphatic imine (C=N–C) groups is 1. The van der Waals surface area contributed by atoms with Crippen molar-refractivity contribution < 1.29 is 4.79 Å². The fourth-order valence-electron chi connectivity index (χ4n) is 2.61. The number of carbonyl (C=O) groups excluding carboxylic acids is 1. The molecule has 4 nitrogen and oxygen atoms in total. The maximum atomic E-state index is 12.0. The SMILES string of the molecule is CC(C)C[C@@H]1C(=O)NC2=Nc3cccc(Cl)c3CN21. The first-order valence-corrected chi connectivity index (χ1v) is 6.87. The summed E-state index contributed by atoms with van der Waals surface area (Å²) in [6.07, 6.45) is 0.824. The zero-order chi connectivity index (χ0) is 13.6. The maximum Gasteiger partial charge on any atom is 0.249 e. The molecule has 0 radical (unpaired) electrons. The van der Waals surface area contributed by atoms with Crippen LogP contribution in [-0.4, -0.2) is 22.8 Å². The molecule has 2 aliphatic heterocycles. The molecule has 100 valence electrons. The molecule has 1 atom stereocenters. The van der Waals surface area contributed by atoms with Crippen LogP contribution < -0.4 is 5.32 Å². The van der Waals surface area contributed by atoms with Gasteiger partial charge in [-0.25, -0.2) is 4.99 Å². The molecule has 19 heavy (non-hydrogen) atoms. The van der Waals surface area contributed by atoms with Crippen LogP contribution in [0.4, 0.5) is 5.69 Å². The Hall–Kier alpha value is -1.55. The van der Waals surface area contributed by atoms with E-state index < -0.39 is 0 Å².